The third-order valence-corrected chi connectivity index (χ3v) is 6.70. The zero-order chi connectivity index (χ0) is 23.7. The van der Waals surface area contributed by atoms with Crippen LogP contribution in [0.25, 0.3) is 0 Å². The van der Waals surface area contributed by atoms with Gasteiger partial charge in [0.1, 0.15) is 12.1 Å². The molecule has 1 aliphatic rings. The maximum Gasteiger partial charge on any atom is 0.246 e. The molecule has 0 bridgehead atoms. The van der Waals surface area contributed by atoms with Crippen LogP contribution in [0, 0.1) is 11.8 Å². The van der Waals surface area contributed by atoms with Crippen LogP contribution in [0.4, 0.5) is 0 Å². The number of amides is 3. The van der Waals surface area contributed by atoms with Crippen LogP contribution in [0.5, 0.6) is 0 Å². The van der Waals surface area contributed by atoms with E-state index in [1.807, 2.05) is 36.9 Å². The van der Waals surface area contributed by atoms with Gasteiger partial charge >= 0.3 is 0 Å². The highest BCUT2D eigenvalue weighted by atomic mass is 16.2. The fraction of sp³-hybridized carbons (Fsp3) is 0.654. The molecule has 1 aromatic rings. The molecule has 0 aromatic heterocycles. The van der Waals surface area contributed by atoms with E-state index >= 15 is 0 Å². The summed E-state index contributed by atoms with van der Waals surface area (Å²) in [5, 5.41) is 2.85. The van der Waals surface area contributed by atoms with E-state index in [1.54, 1.807) is 4.90 Å². The number of nitrogens with zero attached hydrogens (tertiary/aromatic N) is 2. The van der Waals surface area contributed by atoms with Gasteiger partial charge in [-0.25, -0.2) is 0 Å². The Morgan fingerprint density at radius 1 is 1.12 bits per heavy atom. The minimum Gasteiger partial charge on any atom is -0.344 e. The Labute approximate surface area is 193 Å². The number of unbranched alkanes of at least 4 members (excludes halogenated alkanes) is 1. The minimum atomic E-state index is -0.595. The molecule has 0 saturated carbocycles. The van der Waals surface area contributed by atoms with Crippen molar-refractivity contribution in [2.75, 3.05) is 19.6 Å². The molecule has 0 spiro atoms. The molecule has 4 atom stereocenters. The van der Waals surface area contributed by atoms with Gasteiger partial charge in [0.15, 0.2) is 0 Å². The first-order valence-corrected chi connectivity index (χ1v) is 12.2. The van der Waals surface area contributed by atoms with Crippen LogP contribution in [0.3, 0.4) is 0 Å². The van der Waals surface area contributed by atoms with E-state index < -0.39 is 12.1 Å². The average molecular weight is 444 g/mol. The second-order valence-corrected chi connectivity index (χ2v) is 9.22. The maximum absolute atomic E-state index is 13.6. The van der Waals surface area contributed by atoms with Gasteiger partial charge in [0.05, 0.1) is 0 Å². The standard InChI is InChI=1S/C26H41N3O3/c1-6-8-12-20(4)24-26(32)28(16-15-22-13-10-9-11-14-22)17-18-29(24)25(31)23(19(3)7-2)27-21(5)30/h9-11,13-14,19-20,23-24H,6-8,12,15-18H2,1-5H3,(H,27,30)/t19-,20-,23+,24+/m0/s1. The van der Waals surface area contributed by atoms with Crippen LogP contribution in [0.15, 0.2) is 30.3 Å². The van der Waals surface area contributed by atoms with E-state index in [0.29, 0.717) is 19.6 Å². The molecular weight excluding hydrogens is 402 g/mol. The number of hydrogen-bond acceptors (Lipinski definition) is 3. The summed E-state index contributed by atoms with van der Waals surface area (Å²) >= 11 is 0. The summed E-state index contributed by atoms with van der Waals surface area (Å²) in [6.45, 7) is 11.3. The summed E-state index contributed by atoms with van der Waals surface area (Å²) in [4.78, 5) is 42.7. The van der Waals surface area contributed by atoms with E-state index in [0.717, 1.165) is 32.1 Å². The summed E-state index contributed by atoms with van der Waals surface area (Å²) in [7, 11) is 0. The Kier molecular flexibility index (Phi) is 10.2. The smallest absolute Gasteiger partial charge is 0.246 e. The van der Waals surface area contributed by atoms with Crippen molar-refractivity contribution >= 4 is 17.7 Å². The Balaban J connectivity index is 2.22. The Morgan fingerprint density at radius 3 is 2.41 bits per heavy atom. The molecule has 1 saturated heterocycles. The molecule has 1 fully saturated rings. The van der Waals surface area contributed by atoms with Gasteiger partial charge in [0.25, 0.3) is 0 Å². The topological polar surface area (TPSA) is 69.7 Å². The fourth-order valence-electron chi connectivity index (χ4n) is 4.49. The highest BCUT2D eigenvalue weighted by Gasteiger charge is 2.43. The zero-order valence-corrected chi connectivity index (χ0v) is 20.5. The van der Waals surface area contributed by atoms with Crippen molar-refractivity contribution in [3.8, 4) is 0 Å². The zero-order valence-electron chi connectivity index (χ0n) is 20.5. The number of carbonyl (C=O) groups is 3. The van der Waals surface area contributed by atoms with Crippen LogP contribution >= 0.6 is 0 Å². The fourth-order valence-corrected chi connectivity index (χ4v) is 4.49. The Hall–Kier alpha value is -2.37. The van der Waals surface area contributed by atoms with Crippen LogP contribution in [0.1, 0.15) is 65.9 Å². The van der Waals surface area contributed by atoms with Gasteiger partial charge in [-0.05, 0) is 30.2 Å². The monoisotopic (exact) mass is 443 g/mol. The summed E-state index contributed by atoms with van der Waals surface area (Å²) in [5.74, 6) is -0.231. The van der Waals surface area contributed by atoms with Crippen LogP contribution < -0.4 is 5.32 Å². The van der Waals surface area contributed by atoms with E-state index in [2.05, 4.69) is 31.3 Å². The molecule has 3 amide bonds. The Bertz CT molecular complexity index is 752. The van der Waals surface area contributed by atoms with E-state index in [-0.39, 0.29) is 29.6 Å². The highest BCUT2D eigenvalue weighted by Crippen LogP contribution is 2.25. The van der Waals surface area contributed by atoms with Crippen molar-refractivity contribution in [3.63, 3.8) is 0 Å². The third-order valence-electron chi connectivity index (χ3n) is 6.70. The number of rotatable bonds is 11. The SMILES string of the molecule is CCCC[C@H](C)[C@@H]1C(=O)N(CCc2ccccc2)CCN1C(=O)[C@H](NC(C)=O)[C@@H](C)CC. The molecular formula is C26H41N3O3. The lowest BCUT2D eigenvalue weighted by Gasteiger charge is -2.45. The van der Waals surface area contributed by atoms with Gasteiger partial charge in [-0.3, -0.25) is 14.4 Å². The first-order chi connectivity index (χ1) is 15.3. The van der Waals surface area contributed by atoms with Crippen molar-refractivity contribution in [1.29, 1.82) is 0 Å². The van der Waals surface area contributed by atoms with Gasteiger partial charge in [-0.15, -0.1) is 0 Å². The normalized spacial score (nSPS) is 19.4. The summed E-state index contributed by atoms with van der Waals surface area (Å²) in [5.41, 5.74) is 1.21. The van der Waals surface area contributed by atoms with E-state index in [9.17, 15) is 14.4 Å². The van der Waals surface area contributed by atoms with Gasteiger partial charge in [0.2, 0.25) is 17.7 Å². The lowest BCUT2D eigenvalue weighted by molar-refractivity contribution is -0.156. The summed E-state index contributed by atoms with van der Waals surface area (Å²) in [6.07, 6.45) is 4.56. The van der Waals surface area contributed by atoms with Gasteiger partial charge in [-0.2, -0.15) is 0 Å². The van der Waals surface area contributed by atoms with Crippen LogP contribution in [-0.2, 0) is 20.8 Å². The summed E-state index contributed by atoms with van der Waals surface area (Å²) in [6, 6.07) is 9.11. The molecule has 1 aliphatic heterocycles. The molecule has 0 radical (unpaired) electrons. The Morgan fingerprint density at radius 2 is 1.81 bits per heavy atom. The number of piperazine rings is 1. The second-order valence-electron chi connectivity index (χ2n) is 9.22. The maximum atomic E-state index is 13.6. The van der Waals surface area contributed by atoms with Crippen LogP contribution in [-0.4, -0.2) is 59.2 Å². The number of hydrogen-bond donors (Lipinski definition) is 1. The molecule has 1 N–H and O–H groups in total. The second kappa shape index (κ2) is 12.6. The first-order valence-electron chi connectivity index (χ1n) is 12.2. The van der Waals surface area contributed by atoms with Crippen molar-refractivity contribution in [1.82, 2.24) is 15.1 Å². The van der Waals surface area contributed by atoms with E-state index in [4.69, 9.17) is 0 Å². The third kappa shape index (κ3) is 6.81. The molecule has 1 aromatic carbocycles. The van der Waals surface area contributed by atoms with Gasteiger partial charge in [0, 0.05) is 26.6 Å². The van der Waals surface area contributed by atoms with Crippen molar-refractivity contribution in [2.24, 2.45) is 11.8 Å². The number of carbonyl (C=O) groups excluding carboxylic acids is 3. The van der Waals surface area contributed by atoms with Gasteiger partial charge < -0.3 is 15.1 Å². The highest BCUT2D eigenvalue weighted by molar-refractivity contribution is 5.93. The predicted molar refractivity (Wildman–Crippen MR) is 128 cm³/mol. The quantitative estimate of drug-likeness (QED) is 0.568. The van der Waals surface area contributed by atoms with Crippen molar-refractivity contribution < 1.29 is 14.4 Å². The number of nitrogens with one attached hydrogen (secondary N) is 1. The molecule has 0 unspecified atom stereocenters. The lowest BCUT2D eigenvalue weighted by atomic mass is 9.89. The number of benzene rings is 1. The molecule has 6 heteroatoms. The molecule has 1 heterocycles. The average Bonchev–Trinajstić information content (AvgIpc) is 2.79. The molecule has 178 valence electrons. The minimum absolute atomic E-state index is 0.00390. The van der Waals surface area contributed by atoms with E-state index in [1.165, 1.54) is 12.5 Å². The molecule has 32 heavy (non-hydrogen) atoms. The summed E-state index contributed by atoms with van der Waals surface area (Å²) < 4.78 is 0. The van der Waals surface area contributed by atoms with Crippen molar-refractivity contribution in [2.45, 2.75) is 78.8 Å². The molecule has 6 nitrogen and oxygen atoms in total. The van der Waals surface area contributed by atoms with Crippen LogP contribution in [0.2, 0.25) is 0 Å². The lowest BCUT2D eigenvalue weighted by Crippen LogP contribution is -2.64. The molecule has 2 rings (SSSR count). The largest absolute Gasteiger partial charge is 0.344 e. The van der Waals surface area contributed by atoms with Gasteiger partial charge in [-0.1, -0.05) is 77.3 Å². The first kappa shape index (κ1) is 25.9. The molecule has 0 aliphatic carbocycles. The predicted octanol–water partition coefficient (Wildman–Crippen LogP) is 3.65. The van der Waals surface area contributed by atoms with Crippen molar-refractivity contribution in [3.05, 3.63) is 35.9 Å².